The number of thiophene rings is 1. The maximum Gasteiger partial charge on any atom is 0.334 e. The van der Waals surface area contributed by atoms with Crippen LogP contribution in [0.3, 0.4) is 0 Å². The second-order valence-electron chi connectivity index (χ2n) is 5.52. The van der Waals surface area contributed by atoms with Gasteiger partial charge >= 0.3 is 5.97 Å². The first kappa shape index (κ1) is 13.6. The molecule has 1 aliphatic heterocycles. The van der Waals surface area contributed by atoms with Crippen LogP contribution in [-0.2, 0) is 14.3 Å². The third-order valence-electron chi connectivity index (χ3n) is 3.93. The topological polar surface area (TPSA) is 66.8 Å². The molecule has 0 bridgehead atoms. The molecule has 0 radical (unpaired) electrons. The third-order valence-corrected chi connectivity index (χ3v) is 4.63. The Balaban J connectivity index is 1.64. The lowest BCUT2D eigenvalue weighted by atomic mass is 10.1. The minimum absolute atomic E-state index is 0.0179. The molecule has 1 saturated heterocycles. The van der Waals surface area contributed by atoms with Crippen LogP contribution in [0.25, 0.3) is 0 Å². The second kappa shape index (κ2) is 5.18. The Morgan fingerprint density at radius 3 is 2.90 bits per heavy atom. The number of aliphatic carboxylic acids is 1. The van der Waals surface area contributed by atoms with Crippen molar-refractivity contribution in [3.05, 3.63) is 22.4 Å². The molecule has 0 aromatic carbocycles. The van der Waals surface area contributed by atoms with Gasteiger partial charge in [-0.3, -0.25) is 4.79 Å². The standard InChI is InChI=1S/C14H17NO4S/c1-8-5-15(6-12(19-8)14(17)18)13(16)11-4-10(11)9-2-3-20-7-9/h2-3,7-8,10-12H,4-6H2,1H3,(H,17,18)/t8-,10+,11-,12-/m1/s1. The predicted octanol–water partition coefficient (Wildman–Crippen LogP) is 1.55. The van der Waals surface area contributed by atoms with Crippen LogP contribution in [-0.4, -0.2) is 47.2 Å². The lowest BCUT2D eigenvalue weighted by Gasteiger charge is -2.35. The molecule has 108 valence electrons. The fourth-order valence-corrected chi connectivity index (χ4v) is 3.55. The van der Waals surface area contributed by atoms with E-state index in [-0.39, 0.29) is 24.5 Å². The Bertz CT molecular complexity index is 515. The summed E-state index contributed by atoms with van der Waals surface area (Å²) in [5, 5.41) is 13.2. The van der Waals surface area contributed by atoms with E-state index in [4.69, 9.17) is 9.84 Å². The summed E-state index contributed by atoms with van der Waals surface area (Å²) in [4.78, 5) is 25.2. The summed E-state index contributed by atoms with van der Waals surface area (Å²) in [5.41, 5.74) is 1.23. The molecule has 3 rings (SSSR count). The Morgan fingerprint density at radius 2 is 2.25 bits per heavy atom. The number of carboxylic acids is 1. The van der Waals surface area contributed by atoms with Crippen LogP contribution < -0.4 is 0 Å². The maximum atomic E-state index is 12.5. The van der Waals surface area contributed by atoms with E-state index in [0.29, 0.717) is 12.5 Å². The molecule has 2 aliphatic rings. The van der Waals surface area contributed by atoms with E-state index in [2.05, 4.69) is 11.4 Å². The Morgan fingerprint density at radius 1 is 1.45 bits per heavy atom. The zero-order valence-corrected chi connectivity index (χ0v) is 12.0. The molecule has 1 amide bonds. The average molecular weight is 295 g/mol. The highest BCUT2D eigenvalue weighted by atomic mass is 32.1. The molecule has 0 unspecified atom stereocenters. The van der Waals surface area contributed by atoms with Crippen molar-refractivity contribution in [1.82, 2.24) is 4.90 Å². The fraction of sp³-hybridized carbons (Fsp3) is 0.571. The van der Waals surface area contributed by atoms with E-state index in [0.717, 1.165) is 6.42 Å². The van der Waals surface area contributed by atoms with Gasteiger partial charge in [-0.15, -0.1) is 0 Å². The second-order valence-corrected chi connectivity index (χ2v) is 6.30. The Hall–Kier alpha value is -1.40. The number of hydrogen-bond donors (Lipinski definition) is 1. The molecule has 2 fully saturated rings. The highest BCUT2D eigenvalue weighted by molar-refractivity contribution is 7.08. The summed E-state index contributed by atoms with van der Waals surface area (Å²) < 4.78 is 5.34. The predicted molar refractivity (Wildman–Crippen MR) is 73.7 cm³/mol. The van der Waals surface area contributed by atoms with Crippen molar-refractivity contribution in [3.8, 4) is 0 Å². The number of rotatable bonds is 3. The van der Waals surface area contributed by atoms with Gasteiger partial charge in [-0.25, -0.2) is 4.79 Å². The summed E-state index contributed by atoms with van der Waals surface area (Å²) in [6, 6.07) is 2.06. The minimum Gasteiger partial charge on any atom is -0.479 e. The first-order valence-corrected chi connectivity index (χ1v) is 7.69. The number of hydrogen-bond acceptors (Lipinski definition) is 4. The number of amides is 1. The molecular weight excluding hydrogens is 278 g/mol. The molecule has 20 heavy (non-hydrogen) atoms. The maximum absolute atomic E-state index is 12.5. The van der Waals surface area contributed by atoms with E-state index >= 15 is 0 Å². The van der Waals surface area contributed by atoms with Crippen molar-refractivity contribution < 1.29 is 19.4 Å². The zero-order chi connectivity index (χ0) is 14.3. The molecule has 1 N–H and O–H groups in total. The van der Waals surface area contributed by atoms with E-state index in [9.17, 15) is 9.59 Å². The lowest BCUT2D eigenvalue weighted by Crippen LogP contribution is -2.52. The van der Waals surface area contributed by atoms with Crippen molar-refractivity contribution in [1.29, 1.82) is 0 Å². The number of carbonyl (C=O) groups excluding carboxylic acids is 1. The SMILES string of the molecule is C[C@@H]1CN(C(=O)[C@@H]2C[C@H]2c2ccsc2)C[C@H](C(=O)O)O1. The number of carbonyl (C=O) groups is 2. The smallest absolute Gasteiger partial charge is 0.334 e. The van der Waals surface area contributed by atoms with Gasteiger partial charge in [0.1, 0.15) is 0 Å². The van der Waals surface area contributed by atoms with E-state index in [1.54, 1.807) is 23.2 Å². The van der Waals surface area contributed by atoms with Gasteiger partial charge in [0.2, 0.25) is 5.91 Å². The molecule has 2 heterocycles. The van der Waals surface area contributed by atoms with Gasteiger partial charge in [0.05, 0.1) is 12.6 Å². The molecular formula is C14H17NO4S. The van der Waals surface area contributed by atoms with Crippen LogP contribution in [0.15, 0.2) is 16.8 Å². The fourth-order valence-electron chi connectivity index (χ4n) is 2.82. The molecule has 5 nitrogen and oxygen atoms in total. The van der Waals surface area contributed by atoms with Crippen molar-refractivity contribution in [2.45, 2.75) is 31.5 Å². The average Bonchev–Trinajstić information content (AvgIpc) is 3.02. The van der Waals surface area contributed by atoms with Crippen LogP contribution in [0.4, 0.5) is 0 Å². The summed E-state index contributed by atoms with van der Waals surface area (Å²) >= 11 is 1.64. The first-order valence-electron chi connectivity index (χ1n) is 6.75. The van der Waals surface area contributed by atoms with Gasteiger partial charge in [-0.1, -0.05) is 0 Å². The van der Waals surface area contributed by atoms with Gasteiger partial charge in [0.25, 0.3) is 0 Å². The zero-order valence-electron chi connectivity index (χ0n) is 11.2. The van der Waals surface area contributed by atoms with Gasteiger partial charge in [0.15, 0.2) is 6.10 Å². The van der Waals surface area contributed by atoms with Crippen molar-refractivity contribution in [2.75, 3.05) is 13.1 Å². The summed E-state index contributed by atoms with van der Waals surface area (Å²) in [6.07, 6.45) is -0.257. The molecule has 1 saturated carbocycles. The van der Waals surface area contributed by atoms with Crippen LogP contribution in [0.1, 0.15) is 24.8 Å². The first-order chi connectivity index (χ1) is 9.56. The molecule has 6 heteroatoms. The van der Waals surface area contributed by atoms with Gasteiger partial charge < -0.3 is 14.7 Å². The Labute approximate surface area is 121 Å². The lowest BCUT2D eigenvalue weighted by molar-refractivity contribution is -0.167. The molecule has 4 atom stereocenters. The van der Waals surface area contributed by atoms with E-state index < -0.39 is 12.1 Å². The highest BCUT2D eigenvalue weighted by Crippen LogP contribution is 2.49. The summed E-state index contributed by atoms with van der Waals surface area (Å²) in [5.74, 6) is -0.596. The van der Waals surface area contributed by atoms with Gasteiger partial charge in [0, 0.05) is 12.5 Å². The highest BCUT2D eigenvalue weighted by Gasteiger charge is 2.47. The molecule has 1 aliphatic carbocycles. The van der Waals surface area contributed by atoms with Crippen molar-refractivity contribution in [2.24, 2.45) is 5.92 Å². The molecule has 0 spiro atoms. The van der Waals surface area contributed by atoms with E-state index in [1.807, 2.05) is 5.38 Å². The van der Waals surface area contributed by atoms with Gasteiger partial charge in [-0.2, -0.15) is 11.3 Å². The van der Waals surface area contributed by atoms with Crippen LogP contribution in [0.2, 0.25) is 0 Å². The minimum atomic E-state index is -1.00. The number of carboxylic acid groups (broad SMARTS) is 1. The molecule has 1 aromatic rings. The van der Waals surface area contributed by atoms with Gasteiger partial charge in [-0.05, 0) is 41.7 Å². The summed E-state index contributed by atoms with van der Waals surface area (Å²) in [7, 11) is 0. The summed E-state index contributed by atoms with van der Waals surface area (Å²) in [6.45, 7) is 2.44. The Kier molecular flexibility index (Phi) is 3.52. The monoisotopic (exact) mass is 295 g/mol. The van der Waals surface area contributed by atoms with Crippen LogP contribution in [0.5, 0.6) is 0 Å². The van der Waals surface area contributed by atoms with E-state index in [1.165, 1.54) is 5.56 Å². The third kappa shape index (κ3) is 2.58. The van der Waals surface area contributed by atoms with Crippen LogP contribution in [0, 0.1) is 5.92 Å². The van der Waals surface area contributed by atoms with Crippen molar-refractivity contribution >= 4 is 23.2 Å². The number of ether oxygens (including phenoxy) is 1. The quantitative estimate of drug-likeness (QED) is 0.919. The largest absolute Gasteiger partial charge is 0.479 e. The van der Waals surface area contributed by atoms with Crippen LogP contribution >= 0.6 is 11.3 Å². The number of nitrogens with zero attached hydrogens (tertiary/aromatic N) is 1. The number of morpholine rings is 1. The molecule has 1 aromatic heterocycles. The van der Waals surface area contributed by atoms with Crippen molar-refractivity contribution in [3.63, 3.8) is 0 Å². The normalized spacial score (nSPS) is 33.0.